The summed E-state index contributed by atoms with van der Waals surface area (Å²) in [4.78, 5) is 19.4. The third-order valence-corrected chi connectivity index (χ3v) is 4.23. The molecule has 0 aliphatic carbocycles. The van der Waals surface area contributed by atoms with Gasteiger partial charge in [-0.1, -0.05) is 65.3 Å². The standard InChI is InChI=1S/C20H23N3O2/c1-15-8-10-17(11-9-15)19-12-18(25-22-19)14-23(2)20(24)21-13-16-6-4-3-5-7-16/h3-11,18H,12-14H2,1-2H3,(H,21,24). The Morgan fingerprint density at radius 2 is 1.92 bits per heavy atom. The zero-order chi connectivity index (χ0) is 17.6. The third-order valence-electron chi connectivity index (χ3n) is 4.23. The highest BCUT2D eigenvalue weighted by molar-refractivity contribution is 6.01. The van der Waals surface area contributed by atoms with Crippen molar-refractivity contribution in [1.82, 2.24) is 10.2 Å². The Labute approximate surface area is 148 Å². The zero-order valence-corrected chi connectivity index (χ0v) is 14.6. The molecule has 1 N–H and O–H groups in total. The van der Waals surface area contributed by atoms with Crippen molar-refractivity contribution < 1.29 is 9.63 Å². The Morgan fingerprint density at radius 1 is 1.20 bits per heavy atom. The van der Waals surface area contributed by atoms with E-state index in [0.717, 1.165) is 16.8 Å². The molecule has 2 aromatic rings. The molecular formula is C20H23N3O2. The molecule has 5 heteroatoms. The van der Waals surface area contributed by atoms with Crippen LogP contribution < -0.4 is 5.32 Å². The van der Waals surface area contributed by atoms with Gasteiger partial charge in [-0.25, -0.2) is 4.79 Å². The minimum absolute atomic E-state index is 0.108. The molecule has 25 heavy (non-hydrogen) atoms. The molecule has 3 rings (SSSR count). The van der Waals surface area contributed by atoms with Crippen molar-refractivity contribution in [2.24, 2.45) is 5.16 Å². The summed E-state index contributed by atoms with van der Waals surface area (Å²) in [6, 6.07) is 18.0. The van der Waals surface area contributed by atoms with Gasteiger partial charge in [0.05, 0.1) is 12.3 Å². The molecule has 0 radical (unpaired) electrons. The molecular weight excluding hydrogens is 314 g/mol. The van der Waals surface area contributed by atoms with Crippen LogP contribution >= 0.6 is 0 Å². The van der Waals surface area contributed by atoms with E-state index < -0.39 is 0 Å². The molecule has 0 bridgehead atoms. The molecule has 2 aromatic carbocycles. The van der Waals surface area contributed by atoms with Gasteiger partial charge < -0.3 is 15.1 Å². The molecule has 1 atom stereocenters. The lowest BCUT2D eigenvalue weighted by atomic mass is 10.0. The number of amides is 2. The minimum atomic E-state index is -0.115. The van der Waals surface area contributed by atoms with Crippen molar-refractivity contribution in [2.75, 3.05) is 13.6 Å². The molecule has 1 unspecified atom stereocenters. The van der Waals surface area contributed by atoms with Crippen molar-refractivity contribution in [1.29, 1.82) is 0 Å². The van der Waals surface area contributed by atoms with Crippen LogP contribution in [0, 0.1) is 6.92 Å². The van der Waals surface area contributed by atoms with E-state index in [9.17, 15) is 4.79 Å². The number of benzene rings is 2. The Bertz CT molecular complexity index is 741. The maximum Gasteiger partial charge on any atom is 0.317 e. The van der Waals surface area contributed by atoms with Gasteiger partial charge >= 0.3 is 6.03 Å². The van der Waals surface area contributed by atoms with E-state index in [0.29, 0.717) is 19.5 Å². The van der Waals surface area contributed by atoms with Gasteiger partial charge in [-0.15, -0.1) is 0 Å². The van der Waals surface area contributed by atoms with Crippen molar-refractivity contribution in [3.63, 3.8) is 0 Å². The van der Waals surface area contributed by atoms with Crippen LogP contribution in [0.25, 0.3) is 0 Å². The summed E-state index contributed by atoms with van der Waals surface area (Å²) in [6.07, 6.45) is 0.600. The quantitative estimate of drug-likeness (QED) is 0.910. The SMILES string of the molecule is Cc1ccc(C2=NOC(CN(C)C(=O)NCc3ccccc3)C2)cc1. The number of rotatable bonds is 5. The van der Waals surface area contributed by atoms with E-state index >= 15 is 0 Å². The van der Waals surface area contributed by atoms with Crippen molar-refractivity contribution in [3.8, 4) is 0 Å². The topological polar surface area (TPSA) is 53.9 Å². The number of carbonyl (C=O) groups is 1. The number of likely N-dealkylation sites (N-methyl/N-ethyl adjacent to an activating group) is 1. The van der Waals surface area contributed by atoms with Crippen molar-refractivity contribution in [3.05, 3.63) is 71.3 Å². The first-order chi connectivity index (χ1) is 12.1. The van der Waals surface area contributed by atoms with E-state index in [1.165, 1.54) is 5.56 Å². The lowest BCUT2D eigenvalue weighted by Crippen LogP contribution is -2.41. The van der Waals surface area contributed by atoms with Gasteiger partial charge in [0, 0.05) is 20.0 Å². The lowest BCUT2D eigenvalue weighted by Gasteiger charge is -2.20. The minimum Gasteiger partial charge on any atom is -0.390 e. The summed E-state index contributed by atoms with van der Waals surface area (Å²) >= 11 is 0. The Balaban J connectivity index is 1.46. The van der Waals surface area contributed by atoms with Gasteiger partial charge in [0.1, 0.15) is 0 Å². The summed E-state index contributed by atoms with van der Waals surface area (Å²) in [5, 5.41) is 7.10. The first-order valence-electron chi connectivity index (χ1n) is 8.44. The number of hydrogen-bond donors (Lipinski definition) is 1. The van der Waals surface area contributed by atoms with Crippen molar-refractivity contribution >= 4 is 11.7 Å². The molecule has 0 spiro atoms. The normalized spacial score (nSPS) is 16.1. The van der Waals surface area contributed by atoms with E-state index in [2.05, 4.69) is 41.7 Å². The van der Waals surface area contributed by atoms with E-state index in [4.69, 9.17) is 4.84 Å². The zero-order valence-electron chi connectivity index (χ0n) is 14.6. The van der Waals surface area contributed by atoms with E-state index in [1.807, 2.05) is 30.3 Å². The summed E-state index contributed by atoms with van der Waals surface area (Å²) in [5.74, 6) is 0. The molecule has 0 saturated heterocycles. The van der Waals surface area contributed by atoms with Crippen LogP contribution in [0.4, 0.5) is 4.79 Å². The maximum atomic E-state index is 12.2. The molecule has 1 aliphatic rings. The predicted octanol–water partition coefficient (Wildman–Crippen LogP) is 3.33. The largest absolute Gasteiger partial charge is 0.390 e. The average molecular weight is 337 g/mol. The Kier molecular flexibility index (Phi) is 5.33. The monoisotopic (exact) mass is 337 g/mol. The molecule has 0 aromatic heterocycles. The highest BCUT2D eigenvalue weighted by Gasteiger charge is 2.25. The third kappa shape index (κ3) is 4.59. The molecule has 1 heterocycles. The fraction of sp³-hybridized carbons (Fsp3) is 0.300. The van der Waals surface area contributed by atoms with Crippen LogP contribution in [-0.2, 0) is 11.4 Å². The molecule has 2 amide bonds. The van der Waals surface area contributed by atoms with Crippen LogP contribution in [0.2, 0.25) is 0 Å². The highest BCUT2D eigenvalue weighted by atomic mass is 16.6. The number of nitrogens with one attached hydrogen (secondary N) is 1. The van der Waals surface area contributed by atoms with Crippen LogP contribution in [0.5, 0.6) is 0 Å². The second-order valence-corrected chi connectivity index (χ2v) is 6.36. The predicted molar refractivity (Wildman–Crippen MR) is 98.5 cm³/mol. The number of carbonyl (C=O) groups excluding carboxylic acids is 1. The number of hydrogen-bond acceptors (Lipinski definition) is 3. The molecule has 0 saturated carbocycles. The summed E-state index contributed by atoms with van der Waals surface area (Å²) in [5.41, 5.74) is 4.30. The number of nitrogens with zero attached hydrogens (tertiary/aromatic N) is 2. The smallest absolute Gasteiger partial charge is 0.317 e. The number of aryl methyl sites for hydroxylation is 1. The van der Waals surface area contributed by atoms with Crippen LogP contribution in [0.3, 0.4) is 0 Å². The second kappa shape index (κ2) is 7.83. The molecule has 5 nitrogen and oxygen atoms in total. The number of urea groups is 1. The summed E-state index contributed by atoms with van der Waals surface area (Å²) in [7, 11) is 1.77. The van der Waals surface area contributed by atoms with E-state index in [-0.39, 0.29) is 12.1 Å². The van der Waals surface area contributed by atoms with Gasteiger partial charge in [-0.05, 0) is 18.1 Å². The van der Waals surface area contributed by atoms with Gasteiger partial charge in [0.15, 0.2) is 6.10 Å². The van der Waals surface area contributed by atoms with Crippen LogP contribution in [0.1, 0.15) is 23.1 Å². The molecule has 130 valence electrons. The second-order valence-electron chi connectivity index (χ2n) is 6.36. The Morgan fingerprint density at radius 3 is 2.64 bits per heavy atom. The summed E-state index contributed by atoms with van der Waals surface area (Å²) < 4.78 is 0. The molecule has 0 fully saturated rings. The van der Waals surface area contributed by atoms with Crippen LogP contribution in [0.15, 0.2) is 59.8 Å². The van der Waals surface area contributed by atoms with Gasteiger partial charge in [-0.2, -0.15) is 0 Å². The van der Waals surface area contributed by atoms with Crippen LogP contribution in [-0.4, -0.2) is 36.3 Å². The van der Waals surface area contributed by atoms with Crippen molar-refractivity contribution in [2.45, 2.75) is 26.0 Å². The van der Waals surface area contributed by atoms with Gasteiger partial charge in [-0.3, -0.25) is 0 Å². The van der Waals surface area contributed by atoms with Gasteiger partial charge in [0.25, 0.3) is 0 Å². The van der Waals surface area contributed by atoms with E-state index in [1.54, 1.807) is 11.9 Å². The van der Waals surface area contributed by atoms with Gasteiger partial charge in [0.2, 0.25) is 0 Å². The highest BCUT2D eigenvalue weighted by Crippen LogP contribution is 2.18. The fourth-order valence-corrected chi connectivity index (χ4v) is 2.74. The summed E-state index contributed by atoms with van der Waals surface area (Å²) in [6.45, 7) is 3.07. The average Bonchev–Trinajstić information content (AvgIpc) is 3.09. The first kappa shape index (κ1) is 17.0. The lowest BCUT2D eigenvalue weighted by molar-refractivity contribution is 0.0656. The fourth-order valence-electron chi connectivity index (χ4n) is 2.74. The maximum absolute atomic E-state index is 12.2. The molecule has 1 aliphatic heterocycles. The number of oxime groups is 1. The Hall–Kier alpha value is -2.82. The first-order valence-corrected chi connectivity index (χ1v) is 8.44.